The second-order valence-corrected chi connectivity index (χ2v) is 9.94. The summed E-state index contributed by atoms with van der Waals surface area (Å²) >= 11 is 0. The highest BCUT2D eigenvalue weighted by Gasteiger charge is 2.19. The summed E-state index contributed by atoms with van der Waals surface area (Å²) in [6.07, 6.45) is 7.96. The highest BCUT2D eigenvalue weighted by molar-refractivity contribution is 7.89. The first kappa shape index (κ1) is 24.1. The van der Waals surface area contributed by atoms with Crippen LogP contribution in [0.4, 0.5) is 10.5 Å². The van der Waals surface area contributed by atoms with Gasteiger partial charge in [0.25, 0.3) is 5.91 Å². The van der Waals surface area contributed by atoms with Crippen molar-refractivity contribution in [1.82, 2.24) is 19.6 Å². The second-order valence-electron chi connectivity index (χ2n) is 8.19. The van der Waals surface area contributed by atoms with E-state index in [1.165, 1.54) is 17.7 Å². The third-order valence-corrected chi connectivity index (χ3v) is 6.02. The summed E-state index contributed by atoms with van der Waals surface area (Å²) in [4.78, 5) is 35.1. The molecule has 1 aliphatic heterocycles. The highest BCUT2D eigenvalue weighted by atomic mass is 32.2. The van der Waals surface area contributed by atoms with Crippen molar-refractivity contribution in [3.8, 4) is 11.3 Å². The molecule has 9 nitrogen and oxygen atoms in total. The lowest BCUT2D eigenvalue weighted by atomic mass is 10.0. The number of piperidine rings is 1. The SMILES string of the molecule is CS(=O)(=O)NC(=O)c1ccc(-c2ccc(NC(=O)N3CCC(=Cc4ccccn4)CC3)cn2)cc1. The van der Waals surface area contributed by atoms with Gasteiger partial charge in [-0.1, -0.05) is 23.8 Å². The summed E-state index contributed by atoms with van der Waals surface area (Å²) < 4.78 is 24.4. The molecule has 1 aliphatic rings. The Labute approximate surface area is 204 Å². The minimum atomic E-state index is -3.63. The van der Waals surface area contributed by atoms with E-state index in [4.69, 9.17) is 0 Å². The average molecular weight is 492 g/mol. The summed E-state index contributed by atoms with van der Waals surface area (Å²) in [5, 5.41) is 2.88. The monoisotopic (exact) mass is 491 g/mol. The summed E-state index contributed by atoms with van der Waals surface area (Å²) in [6.45, 7) is 1.27. The number of carbonyl (C=O) groups excluding carboxylic acids is 2. The lowest BCUT2D eigenvalue weighted by Crippen LogP contribution is -2.39. The van der Waals surface area contributed by atoms with Crippen LogP contribution in [-0.4, -0.2) is 54.6 Å². The second kappa shape index (κ2) is 10.5. The van der Waals surface area contributed by atoms with E-state index in [2.05, 4.69) is 21.4 Å². The summed E-state index contributed by atoms with van der Waals surface area (Å²) in [6, 6.07) is 15.6. The van der Waals surface area contributed by atoms with Gasteiger partial charge in [-0.05, 0) is 55.3 Å². The van der Waals surface area contributed by atoms with Gasteiger partial charge in [0.1, 0.15) is 0 Å². The zero-order valence-electron chi connectivity index (χ0n) is 19.1. The first-order chi connectivity index (χ1) is 16.8. The number of aromatic nitrogens is 2. The van der Waals surface area contributed by atoms with E-state index < -0.39 is 15.9 Å². The number of anilines is 1. The summed E-state index contributed by atoms with van der Waals surface area (Å²) in [5.41, 5.74) is 4.42. The maximum absolute atomic E-state index is 12.7. The molecule has 2 N–H and O–H groups in total. The number of sulfonamides is 1. The van der Waals surface area contributed by atoms with Crippen LogP contribution in [0, 0.1) is 0 Å². The molecule has 0 aliphatic carbocycles. The lowest BCUT2D eigenvalue weighted by Gasteiger charge is -2.28. The van der Waals surface area contributed by atoms with Gasteiger partial charge in [0, 0.05) is 30.4 Å². The van der Waals surface area contributed by atoms with Crippen LogP contribution >= 0.6 is 0 Å². The number of likely N-dealkylation sites (tertiary alicyclic amines) is 1. The molecule has 0 spiro atoms. The van der Waals surface area contributed by atoms with E-state index in [1.807, 2.05) is 22.9 Å². The molecule has 4 rings (SSSR count). The summed E-state index contributed by atoms with van der Waals surface area (Å²) in [5.74, 6) is -0.692. The molecule has 10 heteroatoms. The number of nitrogens with one attached hydrogen (secondary N) is 2. The largest absolute Gasteiger partial charge is 0.324 e. The van der Waals surface area contributed by atoms with Crippen LogP contribution in [0.1, 0.15) is 28.9 Å². The van der Waals surface area contributed by atoms with Gasteiger partial charge in [-0.3, -0.25) is 14.8 Å². The minimum Gasteiger partial charge on any atom is -0.324 e. The molecule has 1 fully saturated rings. The van der Waals surface area contributed by atoms with Gasteiger partial charge in [0.05, 0.1) is 29.5 Å². The number of hydrogen-bond acceptors (Lipinski definition) is 6. The van der Waals surface area contributed by atoms with Crippen LogP contribution in [0.25, 0.3) is 17.3 Å². The van der Waals surface area contributed by atoms with Crippen LogP contribution in [0.3, 0.4) is 0 Å². The number of urea groups is 1. The standard InChI is InChI=1S/C25H25N5O4S/c1-35(33,34)29-24(31)20-7-5-19(6-8-20)23-10-9-22(17-27-23)28-25(32)30-14-11-18(12-15-30)16-21-4-2-3-13-26-21/h2-10,13,16-17H,11-12,14-15H2,1H3,(H,28,32)(H,29,31). The Kier molecular flexibility index (Phi) is 7.21. The van der Waals surface area contributed by atoms with Crippen molar-refractivity contribution in [2.75, 3.05) is 24.7 Å². The molecule has 35 heavy (non-hydrogen) atoms. The van der Waals surface area contributed by atoms with Crippen molar-refractivity contribution in [3.63, 3.8) is 0 Å². The van der Waals surface area contributed by atoms with Crippen molar-refractivity contribution in [2.45, 2.75) is 12.8 Å². The molecule has 0 bridgehead atoms. The van der Waals surface area contributed by atoms with E-state index >= 15 is 0 Å². The zero-order chi connectivity index (χ0) is 24.8. The Bertz CT molecular complexity index is 1330. The smallest absolute Gasteiger partial charge is 0.321 e. The Morgan fingerprint density at radius 2 is 1.71 bits per heavy atom. The molecular weight excluding hydrogens is 466 g/mol. The van der Waals surface area contributed by atoms with Crippen LogP contribution in [0.15, 0.2) is 72.6 Å². The number of carbonyl (C=O) groups is 2. The molecule has 180 valence electrons. The number of amides is 3. The van der Waals surface area contributed by atoms with Crippen molar-refractivity contribution in [3.05, 3.63) is 83.8 Å². The fraction of sp³-hybridized carbons (Fsp3) is 0.200. The van der Waals surface area contributed by atoms with Gasteiger partial charge >= 0.3 is 6.03 Å². The Balaban J connectivity index is 1.32. The molecule has 1 saturated heterocycles. The van der Waals surface area contributed by atoms with Gasteiger partial charge in [-0.2, -0.15) is 0 Å². The Hall–Kier alpha value is -4.05. The van der Waals surface area contributed by atoms with Gasteiger partial charge in [0.2, 0.25) is 10.0 Å². The highest BCUT2D eigenvalue weighted by Crippen LogP contribution is 2.22. The van der Waals surface area contributed by atoms with E-state index in [1.54, 1.807) is 41.6 Å². The quantitative estimate of drug-likeness (QED) is 0.563. The van der Waals surface area contributed by atoms with Crippen LogP contribution in [0.5, 0.6) is 0 Å². The molecule has 1 aromatic carbocycles. The number of rotatable bonds is 5. The van der Waals surface area contributed by atoms with Gasteiger partial charge < -0.3 is 10.2 Å². The van der Waals surface area contributed by atoms with Crippen molar-refractivity contribution in [2.24, 2.45) is 0 Å². The predicted octanol–water partition coefficient (Wildman–Crippen LogP) is 3.54. The number of nitrogens with zero attached hydrogens (tertiary/aromatic N) is 3. The molecule has 2 aromatic heterocycles. The van der Waals surface area contributed by atoms with Gasteiger partial charge in [-0.15, -0.1) is 0 Å². The Morgan fingerprint density at radius 1 is 0.971 bits per heavy atom. The molecule has 0 unspecified atom stereocenters. The van der Waals surface area contributed by atoms with E-state index in [-0.39, 0.29) is 11.6 Å². The van der Waals surface area contributed by atoms with Crippen LogP contribution in [0.2, 0.25) is 0 Å². The fourth-order valence-electron chi connectivity index (χ4n) is 3.67. The predicted molar refractivity (Wildman–Crippen MR) is 134 cm³/mol. The molecule has 3 amide bonds. The molecule has 3 heterocycles. The van der Waals surface area contributed by atoms with Crippen LogP contribution < -0.4 is 10.0 Å². The maximum Gasteiger partial charge on any atom is 0.321 e. The Morgan fingerprint density at radius 3 is 2.31 bits per heavy atom. The molecule has 0 saturated carbocycles. The topological polar surface area (TPSA) is 121 Å². The average Bonchev–Trinajstić information content (AvgIpc) is 2.85. The zero-order valence-corrected chi connectivity index (χ0v) is 20.0. The number of benzene rings is 1. The van der Waals surface area contributed by atoms with Crippen molar-refractivity contribution in [1.29, 1.82) is 0 Å². The molecule has 3 aromatic rings. The molecule has 0 atom stereocenters. The van der Waals surface area contributed by atoms with Crippen molar-refractivity contribution >= 4 is 33.7 Å². The third kappa shape index (κ3) is 6.73. The molecule has 0 radical (unpaired) electrons. The minimum absolute atomic E-state index is 0.169. The summed E-state index contributed by atoms with van der Waals surface area (Å²) in [7, 11) is -3.63. The third-order valence-electron chi connectivity index (χ3n) is 5.47. The first-order valence-electron chi connectivity index (χ1n) is 11.0. The van der Waals surface area contributed by atoms with E-state index in [0.717, 1.165) is 30.4 Å². The first-order valence-corrected chi connectivity index (χ1v) is 12.9. The van der Waals surface area contributed by atoms with Crippen LogP contribution in [-0.2, 0) is 10.0 Å². The lowest BCUT2D eigenvalue weighted by molar-refractivity contribution is 0.0981. The van der Waals surface area contributed by atoms with E-state index in [9.17, 15) is 18.0 Å². The van der Waals surface area contributed by atoms with Crippen molar-refractivity contribution < 1.29 is 18.0 Å². The molecular formula is C25H25N5O4S. The number of pyridine rings is 2. The van der Waals surface area contributed by atoms with E-state index in [0.29, 0.717) is 24.5 Å². The maximum atomic E-state index is 12.7. The number of hydrogen-bond donors (Lipinski definition) is 2. The van der Waals surface area contributed by atoms with Gasteiger partial charge in [0.15, 0.2) is 0 Å². The fourth-order valence-corrected chi connectivity index (χ4v) is 4.13. The normalized spacial score (nSPS) is 13.7. The van der Waals surface area contributed by atoms with Gasteiger partial charge in [-0.25, -0.2) is 17.9 Å².